The lowest BCUT2D eigenvalue weighted by molar-refractivity contribution is -0.147. The minimum absolute atomic E-state index is 0.0333. The average molecular weight is 350 g/mol. The Morgan fingerprint density at radius 3 is 2.38 bits per heavy atom. The molecule has 1 fully saturated rings. The predicted octanol–water partition coefficient (Wildman–Crippen LogP) is 5.76. The SMILES string of the molecule is CC(C)=C[C@@H]1[C@@H](C(=O)OCc2ccccc2Oc2ccccc2)C1(C)C. The fourth-order valence-corrected chi connectivity index (χ4v) is 3.37. The van der Waals surface area contributed by atoms with Crippen molar-refractivity contribution in [3.63, 3.8) is 0 Å². The van der Waals surface area contributed by atoms with Gasteiger partial charge in [-0.3, -0.25) is 4.79 Å². The van der Waals surface area contributed by atoms with Gasteiger partial charge >= 0.3 is 5.97 Å². The summed E-state index contributed by atoms with van der Waals surface area (Å²) in [5, 5.41) is 0. The zero-order chi connectivity index (χ0) is 18.7. The molecule has 1 aliphatic carbocycles. The van der Waals surface area contributed by atoms with Gasteiger partial charge < -0.3 is 9.47 Å². The minimum atomic E-state index is -0.132. The van der Waals surface area contributed by atoms with Crippen LogP contribution in [0.4, 0.5) is 0 Å². The highest BCUT2D eigenvalue weighted by molar-refractivity contribution is 5.78. The van der Waals surface area contributed by atoms with Crippen LogP contribution in [0.15, 0.2) is 66.2 Å². The molecule has 3 heteroatoms. The Morgan fingerprint density at radius 1 is 1.04 bits per heavy atom. The van der Waals surface area contributed by atoms with Gasteiger partial charge in [0.05, 0.1) is 5.92 Å². The maximum absolute atomic E-state index is 12.6. The monoisotopic (exact) mass is 350 g/mol. The highest BCUT2D eigenvalue weighted by atomic mass is 16.5. The lowest BCUT2D eigenvalue weighted by Crippen LogP contribution is -2.11. The van der Waals surface area contributed by atoms with Gasteiger partial charge in [0.25, 0.3) is 0 Å². The molecule has 2 aromatic rings. The normalized spacial score (nSPS) is 20.2. The molecule has 0 unspecified atom stereocenters. The van der Waals surface area contributed by atoms with E-state index < -0.39 is 0 Å². The van der Waals surface area contributed by atoms with Gasteiger partial charge in [0.2, 0.25) is 0 Å². The van der Waals surface area contributed by atoms with Gasteiger partial charge in [-0.1, -0.05) is 61.9 Å². The van der Waals surface area contributed by atoms with Gasteiger partial charge in [0, 0.05) is 5.56 Å². The van der Waals surface area contributed by atoms with E-state index in [-0.39, 0.29) is 29.8 Å². The number of esters is 1. The molecule has 0 spiro atoms. The Labute approximate surface area is 155 Å². The Bertz CT molecular complexity index is 801. The van der Waals surface area contributed by atoms with Gasteiger partial charge in [-0.25, -0.2) is 0 Å². The molecule has 0 aromatic heterocycles. The zero-order valence-corrected chi connectivity index (χ0v) is 15.9. The number of hydrogen-bond acceptors (Lipinski definition) is 3. The van der Waals surface area contributed by atoms with E-state index in [1.165, 1.54) is 5.57 Å². The predicted molar refractivity (Wildman–Crippen MR) is 103 cm³/mol. The number of rotatable bonds is 6. The lowest BCUT2D eigenvalue weighted by atomic mass is 10.1. The van der Waals surface area contributed by atoms with Crippen LogP contribution < -0.4 is 4.74 Å². The average Bonchev–Trinajstić information content (AvgIpc) is 3.14. The van der Waals surface area contributed by atoms with Gasteiger partial charge in [-0.05, 0) is 43.4 Å². The third-order valence-corrected chi connectivity index (χ3v) is 4.99. The molecule has 0 saturated heterocycles. The molecule has 0 aliphatic heterocycles. The molecule has 3 rings (SSSR count). The number of para-hydroxylation sites is 2. The van der Waals surface area contributed by atoms with Crippen molar-refractivity contribution < 1.29 is 14.3 Å². The number of carbonyl (C=O) groups excluding carboxylic acids is 1. The summed E-state index contributed by atoms with van der Waals surface area (Å²) in [5.74, 6) is 1.53. The third kappa shape index (κ3) is 3.98. The first-order valence-corrected chi connectivity index (χ1v) is 9.02. The van der Waals surface area contributed by atoms with Crippen LogP contribution in [-0.2, 0) is 16.1 Å². The Kier molecular flexibility index (Phi) is 5.17. The maximum atomic E-state index is 12.6. The van der Waals surface area contributed by atoms with E-state index >= 15 is 0 Å². The standard InChI is InChI=1S/C23H26O3/c1-16(2)14-19-21(23(19,3)4)22(24)25-15-17-10-8-9-13-20(17)26-18-11-6-5-7-12-18/h5-14,19,21H,15H2,1-4H3/t19-,21+/m1/s1. The third-order valence-electron chi connectivity index (χ3n) is 4.99. The highest BCUT2D eigenvalue weighted by Crippen LogP contribution is 2.59. The lowest BCUT2D eigenvalue weighted by Gasteiger charge is -2.12. The zero-order valence-electron chi connectivity index (χ0n) is 15.9. The highest BCUT2D eigenvalue weighted by Gasteiger charge is 2.61. The van der Waals surface area contributed by atoms with E-state index in [9.17, 15) is 4.79 Å². The molecule has 0 amide bonds. The second-order valence-electron chi connectivity index (χ2n) is 7.70. The van der Waals surface area contributed by atoms with Crippen molar-refractivity contribution in [2.24, 2.45) is 17.3 Å². The van der Waals surface area contributed by atoms with Crippen LogP contribution >= 0.6 is 0 Å². The number of carbonyl (C=O) groups is 1. The van der Waals surface area contributed by atoms with Crippen LogP contribution in [0.25, 0.3) is 0 Å². The van der Waals surface area contributed by atoms with Crippen molar-refractivity contribution in [3.8, 4) is 11.5 Å². The summed E-state index contributed by atoms with van der Waals surface area (Å²) in [4.78, 5) is 12.6. The molecule has 3 nitrogen and oxygen atoms in total. The van der Waals surface area contributed by atoms with Crippen LogP contribution in [0, 0.1) is 17.3 Å². The first-order valence-electron chi connectivity index (χ1n) is 9.02. The molecule has 136 valence electrons. The summed E-state index contributed by atoms with van der Waals surface area (Å²) < 4.78 is 11.6. The Morgan fingerprint density at radius 2 is 1.69 bits per heavy atom. The second-order valence-corrected chi connectivity index (χ2v) is 7.70. The summed E-state index contributed by atoms with van der Waals surface area (Å²) in [6.45, 7) is 8.59. The van der Waals surface area contributed by atoms with Crippen LogP contribution in [-0.4, -0.2) is 5.97 Å². The molecule has 1 saturated carbocycles. The van der Waals surface area contributed by atoms with Gasteiger partial charge in [0.15, 0.2) is 0 Å². The summed E-state index contributed by atoms with van der Waals surface area (Å²) in [7, 11) is 0. The fourth-order valence-electron chi connectivity index (χ4n) is 3.37. The van der Waals surface area contributed by atoms with Crippen LogP contribution in [0.2, 0.25) is 0 Å². The molecule has 0 N–H and O–H groups in total. The van der Waals surface area contributed by atoms with Gasteiger partial charge in [-0.2, -0.15) is 0 Å². The van der Waals surface area contributed by atoms with Crippen molar-refractivity contribution in [1.82, 2.24) is 0 Å². The maximum Gasteiger partial charge on any atom is 0.310 e. The molecule has 1 aliphatic rings. The number of allylic oxidation sites excluding steroid dienone is 2. The van der Waals surface area contributed by atoms with Crippen LogP contribution in [0.3, 0.4) is 0 Å². The van der Waals surface area contributed by atoms with Crippen LogP contribution in [0.1, 0.15) is 33.3 Å². The first-order chi connectivity index (χ1) is 12.4. The first kappa shape index (κ1) is 18.2. The smallest absolute Gasteiger partial charge is 0.310 e. The quantitative estimate of drug-likeness (QED) is 0.491. The summed E-state index contributed by atoms with van der Waals surface area (Å²) in [6, 6.07) is 17.3. The molecule has 0 bridgehead atoms. The molecular weight excluding hydrogens is 324 g/mol. The summed E-state index contributed by atoms with van der Waals surface area (Å²) >= 11 is 0. The second kappa shape index (κ2) is 7.36. The van der Waals surface area contributed by atoms with Crippen molar-refractivity contribution in [1.29, 1.82) is 0 Å². The molecule has 26 heavy (non-hydrogen) atoms. The largest absolute Gasteiger partial charge is 0.460 e. The van der Waals surface area contributed by atoms with Gasteiger partial charge in [0.1, 0.15) is 18.1 Å². The van der Waals surface area contributed by atoms with E-state index in [0.29, 0.717) is 5.75 Å². The Balaban J connectivity index is 1.65. The van der Waals surface area contributed by atoms with Crippen molar-refractivity contribution in [2.45, 2.75) is 34.3 Å². The Hall–Kier alpha value is -2.55. The number of ether oxygens (including phenoxy) is 2. The topological polar surface area (TPSA) is 35.5 Å². The van der Waals surface area contributed by atoms with E-state index in [2.05, 4.69) is 33.8 Å². The van der Waals surface area contributed by atoms with E-state index in [4.69, 9.17) is 9.47 Å². The minimum Gasteiger partial charge on any atom is -0.460 e. The summed E-state index contributed by atoms with van der Waals surface area (Å²) in [6.07, 6.45) is 2.18. The van der Waals surface area contributed by atoms with E-state index in [1.807, 2.05) is 54.6 Å². The van der Waals surface area contributed by atoms with Crippen molar-refractivity contribution in [2.75, 3.05) is 0 Å². The number of benzene rings is 2. The molecule has 0 radical (unpaired) electrons. The van der Waals surface area contributed by atoms with E-state index in [1.54, 1.807) is 0 Å². The van der Waals surface area contributed by atoms with E-state index in [0.717, 1.165) is 11.3 Å². The van der Waals surface area contributed by atoms with Crippen molar-refractivity contribution >= 4 is 5.97 Å². The molecule has 0 heterocycles. The number of hydrogen-bond donors (Lipinski definition) is 0. The molecule has 2 aromatic carbocycles. The van der Waals surface area contributed by atoms with Crippen LogP contribution in [0.5, 0.6) is 11.5 Å². The molecule has 2 atom stereocenters. The molecular formula is C23H26O3. The van der Waals surface area contributed by atoms with Crippen molar-refractivity contribution in [3.05, 3.63) is 71.8 Å². The fraction of sp³-hybridized carbons (Fsp3) is 0.348. The summed E-state index contributed by atoms with van der Waals surface area (Å²) in [5.41, 5.74) is 2.07. The van der Waals surface area contributed by atoms with Gasteiger partial charge in [-0.15, -0.1) is 0 Å².